The molecular weight excluding hydrogens is 390 g/mol. The molecule has 1 aliphatic carbocycles. The molecule has 2 fully saturated rings. The zero-order chi connectivity index (χ0) is 21.2. The van der Waals surface area contributed by atoms with Crippen molar-refractivity contribution >= 4 is 28.5 Å². The molecule has 0 unspecified atom stereocenters. The molecule has 2 N–H and O–H groups in total. The molecule has 2 aromatic heterocycles. The number of imidazole rings is 1. The van der Waals surface area contributed by atoms with Crippen LogP contribution in [0.4, 0.5) is 17.3 Å². The van der Waals surface area contributed by atoms with Crippen molar-refractivity contribution in [1.29, 1.82) is 0 Å². The Labute approximate surface area is 182 Å². The number of piperazine rings is 1. The van der Waals surface area contributed by atoms with Crippen LogP contribution < -0.4 is 21.2 Å². The van der Waals surface area contributed by atoms with Gasteiger partial charge in [-0.25, -0.2) is 9.78 Å². The number of nitrogens with zero attached hydrogens (tertiary/aromatic N) is 5. The van der Waals surface area contributed by atoms with Gasteiger partial charge >= 0.3 is 5.69 Å². The first-order valence-electron chi connectivity index (χ1n) is 11.5. The maximum atomic E-state index is 13.0. The minimum atomic E-state index is 0.00808. The van der Waals surface area contributed by atoms with E-state index in [1.807, 2.05) is 11.6 Å². The number of rotatable bonds is 4. The van der Waals surface area contributed by atoms with Crippen LogP contribution >= 0.6 is 0 Å². The van der Waals surface area contributed by atoms with Crippen LogP contribution in [0, 0.1) is 0 Å². The molecule has 1 aromatic carbocycles. The molecule has 164 valence electrons. The van der Waals surface area contributed by atoms with Crippen LogP contribution in [-0.4, -0.2) is 45.3 Å². The second kappa shape index (κ2) is 8.70. The molecular formula is C23H31N7O. The van der Waals surface area contributed by atoms with Crippen LogP contribution in [0.3, 0.4) is 0 Å². The van der Waals surface area contributed by atoms with Crippen LogP contribution in [0.15, 0.2) is 35.3 Å². The van der Waals surface area contributed by atoms with Crippen molar-refractivity contribution in [2.75, 3.05) is 36.4 Å². The molecule has 0 bridgehead atoms. The number of hydrogen-bond acceptors (Lipinski definition) is 6. The van der Waals surface area contributed by atoms with Gasteiger partial charge in [0.25, 0.3) is 0 Å². The van der Waals surface area contributed by atoms with Gasteiger partial charge in [0.2, 0.25) is 5.95 Å². The summed E-state index contributed by atoms with van der Waals surface area (Å²) < 4.78 is 3.58. The SMILES string of the molecule is Cn1c(=O)n(C2CCCCCC2)c2nc(Nc3ccc(N4CCNCC4)cc3)ncc21. The van der Waals surface area contributed by atoms with E-state index in [4.69, 9.17) is 4.98 Å². The Morgan fingerprint density at radius 3 is 2.45 bits per heavy atom. The predicted molar refractivity (Wildman–Crippen MR) is 124 cm³/mol. The summed E-state index contributed by atoms with van der Waals surface area (Å²) in [5.41, 5.74) is 3.70. The highest BCUT2D eigenvalue weighted by Crippen LogP contribution is 2.29. The van der Waals surface area contributed by atoms with E-state index in [9.17, 15) is 4.79 Å². The molecule has 2 aliphatic rings. The molecule has 3 heterocycles. The van der Waals surface area contributed by atoms with Crippen LogP contribution in [-0.2, 0) is 7.05 Å². The highest BCUT2D eigenvalue weighted by molar-refractivity contribution is 5.73. The van der Waals surface area contributed by atoms with Crippen LogP contribution in [0.1, 0.15) is 44.6 Å². The molecule has 31 heavy (non-hydrogen) atoms. The van der Waals surface area contributed by atoms with Crippen LogP contribution in [0.5, 0.6) is 0 Å². The zero-order valence-corrected chi connectivity index (χ0v) is 18.2. The van der Waals surface area contributed by atoms with Gasteiger partial charge < -0.3 is 15.5 Å². The van der Waals surface area contributed by atoms with Crippen molar-refractivity contribution in [3.8, 4) is 0 Å². The van der Waals surface area contributed by atoms with Crippen molar-refractivity contribution in [3.05, 3.63) is 40.9 Å². The third-order valence-corrected chi connectivity index (χ3v) is 6.63. The van der Waals surface area contributed by atoms with Crippen molar-refractivity contribution in [1.82, 2.24) is 24.4 Å². The van der Waals surface area contributed by atoms with Gasteiger partial charge in [0.1, 0.15) is 5.52 Å². The van der Waals surface area contributed by atoms with Crippen molar-refractivity contribution in [2.45, 2.75) is 44.6 Å². The second-order valence-electron chi connectivity index (χ2n) is 8.67. The highest BCUT2D eigenvalue weighted by atomic mass is 16.1. The summed E-state index contributed by atoms with van der Waals surface area (Å²) in [6.45, 7) is 4.10. The smallest absolute Gasteiger partial charge is 0.330 e. The maximum Gasteiger partial charge on any atom is 0.330 e. The van der Waals surface area contributed by atoms with Gasteiger partial charge in [0.05, 0.1) is 6.20 Å². The van der Waals surface area contributed by atoms with Crippen molar-refractivity contribution in [2.24, 2.45) is 7.05 Å². The molecule has 5 rings (SSSR count). The van der Waals surface area contributed by atoms with Gasteiger partial charge in [0.15, 0.2) is 5.65 Å². The summed E-state index contributed by atoms with van der Waals surface area (Å²) in [6.07, 6.45) is 8.68. The average Bonchev–Trinajstić information content (AvgIpc) is 2.98. The third-order valence-electron chi connectivity index (χ3n) is 6.63. The fourth-order valence-corrected chi connectivity index (χ4v) is 4.85. The van der Waals surface area contributed by atoms with E-state index in [0.29, 0.717) is 5.95 Å². The average molecular weight is 422 g/mol. The van der Waals surface area contributed by atoms with E-state index in [1.165, 1.54) is 31.4 Å². The number of nitrogens with one attached hydrogen (secondary N) is 2. The minimum absolute atomic E-state index is 0.00808. The van der Waals surface area contributed by atoms with E-state index in [1.54, 1.807) is 10.8 Å². The van der Waals surface area contributed by atoms with E-state index < -0.39 is 0 Å². The Kier molecular flexibility index (Phi) is 5.63. The Hall–Kier alpha value is -2.87. The molecule has 0 spiro atoms. The third kappa shape index (κ3) is 4.04. The fourth-order valence-electron chi connectivity index (χ4n) is 4.85. The zero-order valence-electron chi connectivity index (χ0n) is 18.2. The molecule has 3 aromatic rings. The number of aromatic nitrogens is 4. The number of aryl methyl sites for hydroxylation is 1. The number of benzene rings is 1. The fraction of sp³-hybridized carbons (Fsp3) is 0.522. The van der Waals surface area contributed by atoms with Crippen molar-refractivity contribution in [3.63, 3.8) is 0 Å². The Morgan fingerprint density at radius 1 is 1.03 bits per heavy atom. The quantitative estimate of drug-likeness (QED) is 0.630. The van der Waals surface area contributed by atoms with Gasteiger partial charge in [-0.05, 0) is 37.1 Å². The molecule has 0 radical (unpaired) electrons. The lowest BCUT2D eigenvalue weighted by atomic mass is 10.1. The number of anilines is 3. The molecule has 0 atom stereocenters. The minimum Gasteiger partial charge on any atom is -0.369 e. The Morgan fingerprint density at radius 2 is 1.74 bits per heavy atom. The summed E-state index contributed by atoms with van der Waals surface area (Å²) in [6, 6.07) is 8.62. The topological polar surface area (TPSA) is 80.0 Å². The largest absolute Gasteiger partial charge is 0.369 e. The van der Waals surface area contributed by atoms with Crippen molar-refractivity contribution < 1.29 is 0 Å². The van der Waals surface area contributed by atoms with Gasteiger partial charge in [-0.3, -0.25) is 9.13 Å². The lowest BCUT2D eigenvalue weighted by Gasteiger charge is -2.29. The van der Waals surface area contributed by atoms with Crippen LogP contribution in [0.2, 0.25) is 0 Å². The van der Waals surface area contributed by atoms with Crippen LogP contribution in [0.25, 0.3) is 11.2 Å². The summed E-state index contributed by atoms with van der Waals surface area (Å²) in [4.78, 5) is 24.6. The summed E-state index contributed by atoms with van der Waals surface area (Å²) in [5.74, 6) is 0.524. The van der Waals surface area contributed by atoms with E-state index >= 15 is 0 Å². The first-order valence-corrected chi connectivity index (χ1v) is 11.5. The van der Waals surface area contributed by atoms with Gasteiger partial charge in [0, 0.05) is 50.6 Å². The number of hydrogen-bond donors (Lipinski definition) is 2. The summed E-state index contributed by atoms with van der Waals surface area (Å²) >= 11 is 0. The maximum absolute atomic E-state index is 13.0. The van der Waals surface area contributed by atoms with Gasteiger partial charge in [-0.2, -0.15) is 4.98 Å². The predicted octanol–water partition coefficient (Wildman–Crippen LogP) is 3.18. The Bertz CT molecular complexity index is 1090. The highest BCUT2D eigenvalue weighted by Gasteiger charge is 2.22. The van der Waals surface area contributed by atoms with Gasteiger partial charge in [-0.1, -0.05) is 25.7 Å². The summed E-state index contributed by atoms with van der Waals surface area (Å²) in [7, 11) is 1.81. The molecule has 8 heteroatoms. The first-order chi connectivity index (χ1) is 15.2. The van der Waals surface area contributed by atoms with Gasteiger partial charge in [-0.15, -0.1) is 0 Å². The molecule has 8 nitrogen and oxygen atoms in total. The van der Waals surface area contributed by atoms with E-state index in [2.05, 4.69) is 44.8 Å². The Balaban J connectivity index is 1.41. The lowest BCUT2D eigenvalue weighted by molar-refractivity contribution is 0.437. The standard InChI is InChI=1S/C23H31N7O/c1-28-20-16-25-22(26-17-8-10-18(11-9-17)29-14-12-24-13-15-29)27-21(20)30(23(28)31)19-6-4-2-3-5-7-19/h8-11,16,19,24H,2-7,12-15H2,1H3,(H,25,26,27). The second-order valence-corrected chi connectivity index (χ2v) is 8.67. The molecule has 1 aliphatic heterocycles. The van der Waals surface area contributed by atoms with E-state index in [0.717, 1.165) is 55.9 Å². The monoisotopic (exact) mass is 421 g/mol. The molecule has 0 amide bonds. The molecule has 1 saturated carbocycles. The first kappa shape index (κ1) is 20.1. The van der Waals surface area contributed by atoms with E-state index in [-0.39, 0.29) is 11.7 Å². The lowest BCUT2D eigenvalue weighted by Crippen LogP contribution is -2.43. The summed E-state index contributed by atoms with van der Waals surface area (Å²) in [5, 5.41) is 6.70. The normalized spacial score (nSPS) is 18.3. The molecule has 1 saturated heterocycles. The number of fused-ring (bicyclic) bond motifs is 1.